The Bertz CT molecular complexity index is 533. The van der Waals surface area contributed by atoms with Crippen LogP contribution in [0.4, 0.5) is 0 Å². The molecule has 1 saturated heterocycles. The van der Waals surface area contributed by atoms with Crippen molar-refractivity contribution in [2.75, 3.05) is 25.5 Å². The lowest BCUT2D eigenvalue weighted by molar-refractivity contribution is 0.146. The molecule has 7 heteroatoms. The zero-order valence-corrected chi connectivity index (χ0v) is 11.9. The molecule has 0 radical (unpaired) electrons. The number of halogens is 2. The van der Waals surface area contributed by atoms with Gasteiger partial charge in [0.15, 0.2) is 0 Å². The van der Waals surface area contributed by atoms with Gasteiger partial charge in [-0.05, 0) is 17.7 Å². The van der Waals surface area contributed by atoms with Crippen molar-refractivity contribution in [3.63, 3.8) is 0 Å². The summed E-state index contributed by atoms with van der Waals surface area (Å²) in [5.41, 5.74) is 0.815. The van der Waals surface area contributed by atoms with Gasteiger partial charge in [-0.3, -0.25) is 0 Å². The van der Waals surface area contributed by atoms with Gasteiger partial charge in [0.2, 0.25) is 10.0 Å². The van der Waals surface area contributed by atoms with Crippen LogP contribution in [-0.4, -0.2) is 38.2 Å². The van der Waals surface area contributed by atoms with Gasteiger partial charge in [-0.1, -0.05) is 29.3 Å². The van der Waals surface area contributed by atoms with E-state index in [-0.39, 0.29) is 12.4 Å². The fraction of sp³-hybridized carbons (Fsp3) is 0.455. The van der Waals surface area contributed by atoms with E-state index in [1.165, 1.54) is 4.31 Å². The standard InChI is InChI=1S/C11H13Cl2NO3S/c12-10-2-1-9(7-11(10)13)8-14-3-4-17-5-6-18(14,15)16/h1-2,7H,3-6,8H2. The van der Waals surface area contributed by atoms with Crippen LogP contribution < -0.4 is 0 Å². The van der Waals surface area contributed by atoms with Gasteiger partial charge in [-0.25, -0.2) is 8.42 Å². The summed E-state index contributed by atoms with van der Waals surface area (Å²) in [4.78, 5) is 0. The van der Waals surface area contributed by atoms with Gasteiger partial charge in [-0.2, -0.15) is 4.31 Å². The topological polar surface area (TPSA) is 46.6 Å². The molecule has 0 bridgehead atoms. The molecule has 0 aliphatic carbocycles. The second kappa shape index (κ2) is 5.75. The molecule has 0 spiro atoms. The molecule has 1 fully saturated rings. The van der Waals surface area contributed by atoms with Crippen LogP contribution in [0.3, 0.4) is 0 Å². The van der Waals surface area contributed by atoms with E-state index in [1.54, 1.807) is 18.2 Å². The molecule has 1 aromatic carbocycles. The molecule has 1 aromatic rings. The van der Waals surface area contributed by atoms with E-state index in [0.717, 1.165) is 5.56 Å². The van der Waals surface area contributed by atoms with Gasteiger partial charge in [0.1, 0.15) is 0 Å². The van der Waals surface area contributed by atoms with Crippen molar-refractivity contribution in [2.45, 2.75) is 6.54 Å². The first-order valence-corrected chi connectivity index (χ1v) is 7.85. The van der Waals surface area contributed by atoms with E-state index >= 15 is 0 Å². The van der Waals surface area contributed by atoms with Crippen molar-refractivity contribution in [1.82, 2.24) is 4.31 Å². The molecule has 0 N–H and O–H groups in total. The van der Waals surface area contributed by atoms with Gasteiger partial charge < -0.3 is 4.74 Å². The van der Waals surface area contributed by atoms with E-state index in [0.29, 0.717) is 29.7 Å². The molecule has 0 unspecified atom stereocenters. The van der Waals surface area contributed by atoms with Crippen LogP contribution in [0.2, 0.25) is 10.0 Å². The summed E-state index contributed by atoms with van der Waals surface area (Å²) in [6.07, 6.45) is 0. The van der Waals surface area contributed by atoms with Gasteiger partial charge >= 0.3 is 0 Å². The van der Waals surface area contributed by atoms with Gasteiger partial charge in [0, 0.05) is 13.1 Å². The Hall–Kier alpha value is -0.330. The minimum absolute atomic E-state index is 0.0221. The summed E-state index contributed by atoms with van der Waals surface area (Å²) in [7, 11) is -3.25. The highest BCUT2D eigenvalue weighted by Gasteiger charge is 2.24. The Morgan fingerprint density at radius 1 is 1.22 bits per heavy atom. The molecule has 18 heavy (non-hydrogen) atoms. The molecule has 2 rings (SSSR count). The second-order valence-corrected chi connectivity index (χ2v) is 6.91. The number of hydrogen-bond acceptors (Lipinski definition) is 3. The molecular formula is C11H13Cl2NO3S. The number of rotatable bonds is 2. The normalized spacial score (nSPS) is 20.6. The lowest BCUT2D eigenvalue weighted by Gasteiger charge is -2.19. The summed E-state index contributed by atoms with van der Waals surface area (Å²) in [6, 6.07) is 5.13. The summed E-state index contributed by atoms with van der Waals surface area (Å²) >= 11 is 11.7. The third kappa shape index (κ3) is 3.36. The maximum absolute atomic E-state index is 11.9. The molecule has 0 saturated carbocycles. The lowest BCUT2D eigenvalue weighted by atomic mass is 10.2. The average Bonchev–Trinajstić information content (AvgIpc) is 2.46. The molecular weight excluding hydrogens is 297 g/mol. The van der Waals surface area contributed by atoms with Crippen molar-refractivity contribution in [3.05, 3.63) is 33.8 Å². The number of benzene rings is 1. The first-order chi connectivity index (χ1) is 8.49. The maximum atomic E-state index is 11.9. The molecule has 0 atom stereocenters. The van der Waals surface area contributed by atoms with Crippen LogP contribution in [0, 0.1) is 0 Å². The summed E-state index contributed by atoms with van der Waals surface area (Å²) in [5.74, 6) is 0.0221. The first-order valence-electron chi connectivity index (χ1n) is 5.48. The van der Waals surface area contributed by atoms with E-state index in [4.69, 9.17) is 27.9 Å². The maximum Gasteiger partial charge on any atom is 0.216 e. The average molecular weight is 310 g/mol. The fourth-order valence-electron chi connectivity index (χ4n) is 1.72. The summed E-state index contributed by atoms with van der Waals surface area (Å²) < 4.78 is 30.5. The predicted octanol–water partition coefficient (Wildman–Crippen LogP) is 2.16. The number of hydrogen-bond donors (Lipinski definition) is 0. The lowest BCUT2D eigenvalue weighted by Crippen LogP contribution is -2.33. The van der Waals surface area contributed by atoms with Crippen LogP contribution in [0.5, 0.6) is 0 Å². The SMILES string of the molecule is O=S1(=O)CCOCCN1Cc1ccc(Cl)c(Cl)c1. The quantitative estimate of drug-likeness (QED) is 0.841. The third-order valence-electron chi connectivity index (χ3n) is 2.71. The molecule has 100 valence electrons. The van der Waals surface area contributed by atoms with E-state index in [2.05, 4.69) is 0 Å². The highest BCUT2D eigenvalue weighted by Crippen LogP contribution is 2.24. The predicted molar refractivity (Wildman–Crippen MR) is 71.5 cm³/mol. The zero-order chi connectivity index (χ0) is 13.2. The van der Waals surface area contributed by atoms with Crippen LogP contribution in [-0.2, 0) is 21.3 Å². The Morgan fingerprint density at radius 2 is 2.00 bits per heavy atom. The molecule has 1 heterocycles. The van der Waals surface area contributed by atoms with Crippen molar-refractivity contribution in [3.8, 4) is 0 Å². The Labute approximate surface area is 116 Å². The minimum atomic E-state index is -3.25. The van der Waals surface area contributed by atoms with E-state index < -0.39 is 10.0 Å². The van der Waals surface area contributed by atoms with Crippen LogP contribution in [0.25, 0.3) is 0 Å². The van der Waals surface area contributed by atoms with Gasteiger partial charge in [0.25, 0.3) is 0 Å². The number of nitrogens with zero attached hydrogens (tertiary/aromatic N) is 1. The third-order valence-corrected chi connectivity index (χ3v) is 5.23. The van der Waals surface area contributed by atoms with Crippen molar-refractivity contribution in [1.29, 1.82) is 0 Å². The highest BCUT2D eigenvalue weighted by molar-refractivity contribution is 7.89. The molecule has 1 aliphatic heterocycles. The van der Waals surface area contributed by atoms with Gasteiger partial charge in [-0.15, -0.1) is 0 Å². The molecule has 1 aliphatic rings. The van der Waals surface area contributed by atoms with Crippen LogP contribution >= 0.6 is 23.2 Å². The molecule has 4 nitrogen and oxygen atoms in total. The van der Waals surface area contributed by atoms with Crippen molar-refractivity contribution >= 4 is 33.2 Å². The molecule has 0 aromatic heterocycles. The summed E-state index contributed by atoms with van der Waals surface area (Å²) in [5, 5.41) is 0.889. The van der Waals surface area contributed by atoms with E-state index in [1.807, 2.05) is 0 Å². The highest BCUT2D eigenvalue weighted by atomic mass is 35.5. The van der Waals surface area contributed by atoms with Crippen LogP contribution in [0.1, 0.15) is 5.56 Å². The number of ether oxygens (including phenoxy) is 1. The molecule has 0 amide bonds. The van der Waals surface area contributed by atoms with Crippen molar-refractivity contribution < 1.29 is 13.2 Å². The Kier molecular flexibility index (Phi) is 4.50. The monoisotopic (exact) mass is 309 g/mol. The van der Waals surface area contributed by atoms with E-state index in [9.17, 15) is 8.42 Å². The Balaban J connectivity index is 2.18. The second-order valence-electron chi connectivity index (χ2n) is 4.01. The van der Waals surface area contributed by atoms with Crippen LogP contribution in [0.15, 0.2) is 18.2 Å². The Morgan fingerprint density at radius 3 is 2.72 bits per heavy atom. The first kappa shape index (κ1) is 14.1. The minimum Gasteiger partial charge on any atom is -0.379 e. The number of sulfonamides is 1. The fourth-order valence-corrected chi connectivity index (χ4v) is 3.33. The van der Waals surface area contributed by atoms with Crippen molar-refractivity contribution in [2.24, 2.45) is 0 Å². The smallest absolute Gasteiger partial charge is 0.216 e. The largest absolute Gasteiger partial charge is 0.379 e. The zero-order valence-electron chi connectivity index (χ0n) is 9.60. The van der Waals surface area contributed by atoms with Gasteiger partial charge in [0.05, 0.1) is 29.0 Å². The summed E-state index contributed by atoms with van der Waals surface area (Å²) in [6.45, 7) is 1.33.